The molecular weight excluding hydrogens is 214 g/mol. The number of nitrogens with zero attached hydrogens (tertiary/aromatic N) is 1. The van der Waals surface area contributed by atoms with Crippen molar-refractivity contribution in [2.24, 2.45) is 5.16 Å². The Morgan fingerprint density at radius 2 is 1.80 bits per heavy atom. The second-order valence-electron chi connectivity index (χ2n) is 3.75. The number of rotatable bonds is 5. The van der Waals surface area contributed by atoms with Crippen molar-refractivity contribution in [3.63, 3.8) is 0 Å². The summed E-state index contributed by atoms with van der Waals surface area (Å²) in [5.74, 6) is -0.442. The lowest BCUT2D eigenvalue weighted by Crippen LogP contribution is -2.30. The summed E-state index contributed by atoms with van der Waals surface area (Å²) in [5, 5.41) is 3.52. The van der Waals surface area contributed by atoms with Gasteiger partial charge in [-0.25, -0.2) is 4.79 Å². The predicted octanol–water partition coefficient (Wildman–Crippen LogP) is 1.53. The first kappa shape index (κ1) is 13.7. The highest BCUT2D eigenvalue weighted by Gasteiger charge is 2.24. The van der Waals surface area contributed by atoms with Crippen molar-refractivity contribution in [1.29, 1.82) is 0 Å². The van der Waals surface area contributed by atoms with E-state index in [2.05, 4.69) is 21.3 Å². The first-order chi connectivity index (χ1) is 6.81. The average Bonchev–Trinajstić information content (AvgIpc) is 2.10. The minimum Gasteiger partial charge on any atom is -0.543 e. The number of hydrogen-bond acceptors (Lipinski definition) is 5. The molecule has 0 spiro atoms. The van der Waals surface area contributed by atoms with Gasteiger partial charge in [0.05, 0.1) is 7.11 Å². The van der Waals surface area contributed by atoms with E-state index in [-0.39, 0.29) is 11.5 Å². The van der Waals surface area contributed by atoms with Crippen molar-refractivity contribution in [3.05, 3.63) is 12.3 Å². The Bertz CT molecular complexity index is 280. The molecule has 15 heavy (non-hydrogen) atoms. The summed E-state index contributed by atoms with van der Waals surface area (Å²) in [6.45, 7) is 9.55. The van der Waals surface area contributed by atoms with Gasteiger partial charge in [-0.3, -0.25) is 0 Å². The van der Waals surface area contributed by atoms with Crippen molar-refractivity contribution in [1.82, 2.24) is 0 Å². The van der Waals surface area contributed by atoms with Gasteiger partial charge in [-0.15, -0.1) is 0 Å². The van der Waals surface area contributed by atoms with E-state index in [0.29, 0.717) is 0 Å². The van der Waals surface area contributed by atoms with Gasteiger partial charge in [-0.2, -0.15) is 0 Å². The molecule has 5 nitrogen and oxygen atoms in total. The molecular formula is C9H17NO4Si. The molecule has 0 aromatic rings. The second-order valence-corrected chi connectivity index (χ2v) is 8.18. The first-order valence-electron chi connectivity index (χ1n) is 4.39. The molecule has 0 fully saturated rings. The molecule has 0 atom stereocenters. The highest BCUT2D eigenvalue weighted by molar-refractivity contribution is 6.70. The summed E-state index contributed by atoms with van der Waals surface area (Å²) < 4.78 is 10.0. The number of ether oxygens (including phenoxy) is 1. The van der Waals surface area contributed by atoms with Crippen LogP contribution in [0.5, 0.6) is 0 Å². The summed E-state index contributed by atoms with van der Waals surface area (Å²) in [7, 11) is 0.783. The van der Waals surface area contributed by atoms with Crippen LogP contribution in [0, 0.1) is 0 Å². The van der Waals surface area contributed by atoms with Crippen LogP contribution in [0.3, 0.4) is 0 Å². The zero-order chi connectivity index (χ0) is 12.1. The van der Waals surface area contributed by atoms with Crippen molar-refractivity contribution in [2.75, 3.05) is 14.2 Å². The van der Waals surface area contributed by atoms with Gasteiger partial charge >= 0.3 is 5.97 Å². The molecule has 0 saturated carbocycles. The minimum atomic E-state index is -1.81. The maximum absolute atomic E-state index is 11.3. The number of esters is 1. The minimum absolute atomic E-state index is 0.0394. The summed E-state index contributed by atoms with van der Waals surface area (Å²) in [6, 6.07) is 0. The summed E-state index contributed by atoms with van der Waals surface area (Å²) >= 11 is 0. The van der Waals surface area contributed by atoms with Crippen LogP contribution in [-0.2, 0) is 18.8 Å². The predicted molar refractivity (Wildman–Crippen MR) is 60.0 cm³/mol. The van der Waals surface area contributed by atoms with Crippen LogP contribution in [0.15, 0.2) is 17.5 Å². The van der Waals surface area contributed by atoms with E-state index in [9.17, 15) is 4.79 Å². The van der Waals surface area contributed by atoms with Crippen LogP contribution >= 0.6 is 0 Å². The molecule has 0 bridgehead atoms. The lowest BCUT2D eigenvalue weighted by Gasteiger charge is -2.20. The Hall–Kier alpha value is -1.30. The van der Waals surface area contributed by atoms with Crippen molar-refractivity contribution < 1.29 is 18.8 Å². The first-order valence-corrected chi connectivity index (χ1v) is 7.80. The lowest BCUT2D eigenvalue weighted by molar-refractivity contribution is -0.132. The zero-order valence-corrected chi connectivity index (χ0v) is 10.8. The Kier molecular flexibility index (Phi) is 5.06. The zero-order valence-electron chi connectivity index (χ0n) is 9.79. The number of carbonyl (C=O) groups is 1. The van der Waals surface area contributed by atoms with Gasteiger partial charge in [-0.1, -0.05) is 11.7 Å². The van der Waals surface area contributed by atoms with Crippen molar-refractivity contribution >= 4 is 20.0 Å². The summed E-state index contributed by atoms with van der Waals surface area (Å²) in [5.41, 5.74) is -0.0394. The van der Waals surface area contributed by atoms with E-state index in [1.165, 1.54) is 14.2 Å². The van der Waals surface area contributed by atoms with Crippen LogP contribution in [0.1, 0.15) is 0 Å². The molecule has 0 heterocycles. The highest BCUT2D eigenvalue weighted by Crippen LogP contribution is 2.11. The molecule has 0 radical (unpaired) electrons. The Morgan fingerprint density at radius 3 is 2.13 bits per heavy atom. The van der Waals surface area contributed by atoms with E-state index < -0.39 is 14.3 Å². The number of methoxy groups -OCH3 is 1. The standard InChI is InChI=1S/C9H17NO4Si/c1-7(14-15(4,5)6)8(10-13-3)9(11)12-2/h1H2,2-6H3/b10-8-. The SMILES string of the molecule is C=C(O[Si](C)(C)C)/C(=N/OC)C(=O)OC. The van der Waals surface area contributed by atoms with Crippen LogP contribution in [-0.4, -0.2) is 34.2 Å². The summed E-state index contributed by atoms with van der Waals surface area (Å²) in [4.78, 5) is 15.8. The van der Waals surface area contributed by atoms with Crippen LogP contribution in [0.2, 0.25) is 19.6 Å². The molecule has 0 amide bonds. The van der Waals surface area contributed by atoms with Gasteiger partial charge in [0.15, 0.2) is 0 Å². The maximum Gasteiger partial charge on any atom is 0.363 e. The van der Waals surface area contributed by atoms with Gasteiger partial charge in [0.2, 0.25) is 14.0 Å². The smallest absolute Gasteiger partial charge is 0.363 e. The van der Waals surface area contributed by atoms with E-state index in [4.69, 9.17) is 4.43 Å². The van der Waals surface area contributed by atoms with Crippen molar-refractivity contribution in [3.8, 4) is 0 Å². The quantitative estimate of drug-likeness (QED) is 0.237. The molecule has 0 unspecified atom stereocenters. The topological polar surface area (TPSA) is 57.1 Å². The van der Waals surface area contributed by atoms with Gasteiger partial charge < -0.3 is 14.0 Å². The van der Waals surface area contributed by atoms with E-state index >= 15 is 0 Å². The Morgan fingerprint density at radius 1 is 1.27 bits per heavy atom. The monoisotopic (exact) mass is 231 g/mol. The maximum atomic E-state index is 11.3. The molecule has 86 valence electrons. The van der Waals surface area contributed by atoms with Crippen LogP contribution in [0.4, 0.5) is 0 Å². The molecule has 0 aliphatic rings. The lowest BCUT2D eigenvalue weighted by atomic mass is 10.3. The largest absolute Gasteiger partial charge is 0.543 e. The van der Waals surface area contributed by atoms with E-state index in [1.807, 2.05) is 19.6 Å². The molecule has 0 rings (SSSR count). The molecule has 0 aliphatic carbocycles. The fourth-order valence-corrected chi connectivity index (χ4v) is 1.64. The van der Waals surface area contributed by atoms with Crippen molar-refractivity contribution in [2.45, 2.75) is 19.6 Å². The third-order valence-corrected chi connectivity index (χ3v) is 2.11. The third kappa shape index (κ3) is 5.21. The van der Waals surface area contributed by atoms with E-state index in [0.717, 1.165) is 0 Å². The summed E-state index contributed by atoms with van der Waals surface area (Å²) in [6.07, 6.45) is 0. The molecule has 6 heteroatoms. The van der Waals surface area contributed by atoms with Gasteiger partial charge in [0, 0.05) is 0 Å². The highest BCUT2D eigenvalue weighted by atomic mass is 28.4. The van der Waals surface area contributed by atoms with E-state index in [1.54, 1.807) is 0 Å². The molecule has 0 N–H and O–H groups in total. The Labute approximate surface area is 90.8 Å². The van der Waals surface area contributed by atoms with Gasteiger partial charge in [0.25, 0.3) is 0 Å². The molecule has 0 aliphatic heterocycles. The fraction of sp³-hybridized carbons (Fsp3) is 0.556. The average molecular weight is 231 g/mol. The third-order valence-electron chi connectivity index (χ3n) is 1.25. The van der Waals surface area contributed by atoms with Gasteiger partial charge in [-0.05, 0) is 19.6 Å². The second kappa shape index (κ2) is 5.55. The fourth-order valence-electron chi connectivity index (χ4n) is 0.808. The number of hydrogen-bond donors (Lipinski definition) is 0. The number of carbonyl (C=O) groups excluding carboxylic acids is 1. The van der Waals surface area contributed by atoms with Crippen LogP contribution < -0.4 is 0 Å². The Balaban J connectivity index is 4.74. The molecule has 0 aromatic heterocycles. The molecule has 0 saturated heterocycles. The van der Waals surface area contributed by atoms with Gasteiger partial charge in [0.1, 0.15) is 12.9 Å². The molecule has 0 aromatic carbocycles. The normalized spacial score (nSPS) is 11.9. The number of oxime groups is 1. The van der Waals surface area contributed by atoms with Crippen LogP contribution in [0.25, 0.3) is 0 Å².